The van der Waals surface area contributed by atoms with E-state index in [0.717, 1.165) is 30.6 Å². The number of carbonyl (C=O) groups excluding carboxylic acids is 1. The quantitative estimate of drug-likeness (QED) is 0.871. The fourth-order valence-electron chi connectivity index (χ4n) is 3.38. The first-order valence-corrected chi connectivity index (χ1v) is 8.63. The number of pyridine rings is 2. The summed E-state index contributed by atoms with van der Waals surface area (Å²) in [5.41, 5.74) is 3.05. The summed E-state index contributed by atoms with van der Waals surface area (Å²) >= 11 is 0. The molecule has 0 N–H and O–H groups in total. The molecule has 2 aromatic rings. The first-order chi connectivity index (χ1) is 11.3. The zero-order valence-electron chi connectivity index (χ0n) is 15.0. The van der Waals surface area contributed by atoms with E-state index in [-0.39, 0.29) is 22.7 Å². The van der Waals surface area contributed by atoms with Crippen LogP contribution in [0.15, 0.2) is 35.3 Å². The fourth-order valence-corrected chi connectivity index (χ4v) is 3.38. The molecule has 0 amide bonds. The highest BCUT2D eigenvalue weighted by Crippen LogP contribution is 2.23. The van der Waals surface area contributed by atoms with Crippen LogP contribution in [0.1, 0.15) is 45.2 Å². The molecule has 3 heterocycles. The maximum absolute atomic E-state index is 12.8. The van der Waals surface area contributed by atoms with Gasteiger partial charge in [0.15, 0.2) is 0 Å². The van der Waals surface area contributed by atoms with E-state index in [2.05, 4.69) is 31.7 Å². The summed E-state index contributed by atoms with van der Waals surface area (Å²) in [4.78, 5) is 26.5. The highest BCUT2D eigenvalue weighted by Gasteiger charge is 2.26. The van der Waals surface area contributed by atoms with Gasteiger partial charge in [0.25, 0.3) is 5.56 Å². The molecule has 0 saturated carbocycles. The van der Waals surface area contributed by atoms with Crippen molar-refractivity contribution < 1.29 is 4.79 Å². The van der Waals surface area contributed by atoms with Crippen LogP contribution in [-0.4, -0.2) is 28.2 Å². The number of ketones is 1. The highest BCUT2D eigenvalue weighted by atomic mass is 16.1. The summed E-state index contributed by atoms with van der Waals surface area (Å²) in [6, 6.07) is 8.07. The fraction of sp³-hybridized carbons (Fsp3) is 0.500. The lowest BCUT2D eigenvalue weighted by molar-refractivity contribution is -0.120. The van der Waals surface area contributed by atoms with Crippen molar-refractivity contribution in [2.24, 2.45) is 5.92 Å². The first kappa shape index (κ1) is 16.9. The molecule has 4 nitrogen and oxygen atoms in total. The van der Waals surface area contributed by atoms with Crippen LogP contribution in [0.25, 0.3) is 5.52 Å². The van der Waals surface area contributed by atoms with Crippen molar-refractivity contribution in [1.82, 2.24) is 9.30 Å². The van der Waals surface area contributed by atoms with E-state index in [1.54, 1.807) is 11.3 Å². The minimum Gasteiger partial charge on any atom is -0.300 e. The molecule has 1 aliphatic rings. The molecule has 1 atom stereocenters. The predicted octanol–water partition coefficient (Wildman–Crippen LogP) is 3.01. The number of aromatic nitrogens is 1. The topological polar surface area (TPSA) is 41.8 Å². The highest BCUT2D eigenvalue weighted by molar-refractivity contribution is 5.78. The van der Waals surface area contributed by atoms with Gasteiger partial charge < -0.3 is 0 Å². The van der Waals surface area contributed by atoms with E-state index < -0.39 is 0 Å². The average Bonchev–Trinajstić information content (AvgIpc) is 2.98. The van der Waals surface area contributed by atoms with Gasteiger partial charge in [-0.25, -0.2) is 0 Å². The third kappa shape index (κ3) is 3.29. The normalized spacial score (nSPS) is 19.1. The number of rotatable bonds is 3. The summed E-state index contributed by atoms with van der Waals surface area (Å²) in [7, 11) is 0. The maximum Gasteiger partial charge on any atom is 0.259 e. The van der Waals surface area contributed by atoms with E-state index in [9.17, 15) is 9.59 Å². The Hall–Kier alpha value is -1.94. The minimum absolute atomic E-state index is 0.0410. The zero-order valence-corrected chi connectivity index (χ0v) is 15.0. The molecule has 128 valence electrons. The summed E-state index contributed by atoms with van der Waals surface area (Å²) < 4.78 is 1.73. The van der Waals surface area contributed by atoms with Crippen LogP contribution in [-0.2, 0) is 16.8 Å². The lowest BCUT2D eigenvalue weighted by Gasteiger charge is -2.20. The molecule has 24 heavy (non-hydrogen) atoms. The first-order valence-electron chi connectivity index (χ1n) is 8.63. The molecule has 0 spiro atoms. The molecule has 1 saturated heterocycles. The van der Waals surface area contributed by atoms with Gasteiger partial charge in [-0.05, 0) is 49.1 Å². The molecule has 0 aliphatic carbocycles. The summed E-state index contributed by atoms with van der Waals surface area (Å²) in [5, 5.41) is 0. The number of Topliss-reactive ketones (excluding diaryl/α,β-unsaturated/α-hetero) is 1. The van der Waals surface area contributed by atoms with Gasteiger partial charge in [0.1, 0.15) is 5.78 Å². The van der Waals surface area contributed by atoms with Crippen LogP contribution in [0, 0.1) is 5.92 Å². The second-order valence-corrected chi connectivity index (χ2v) is 7.96. The van der Waals surface area contributed by atoms with Crippen molar-refractivity contribution in [1.29, 1.82) is 0 Å². The van der Waals surface area contributed by atoms with Crippen molar-refractivity contribution in [3.8, 4) is 0 Å². The van der Waals surface area contributed by atoms with E-state index in [0.29, 0.717) is 6.54 Å². The third-order valence-electron chi connectivity index (χ3n) is 5.04. The van der Waals surface area contributed by atoms with Crippen LogP contribution in [0.4, 0.5) is 0 Å². The maximum atomic E-state index is 12.8. The van der Waals surface area contributed by atoms with Crippen molar-refractivity contribution in [3.05, 3.63) is 51.9 Å². The third-order valence-corrected chi connectivity index (χ3v) is 5.04. The molecule has 3 rings (SSSR count). The SMILES string of the molecule is CC(=O)[C@H]1CCN(Cc2ccc3cc(C(C)(C)C)ccn3c2=O)C1. The number of hydrogen-bond acceptors (Lipinski definition) is 3. The Bertz CT molecular complexity index is 830. The lowest BCUT2D eigenvalue weighted by Crippen LogP contribution is -2.27. The van der Waals surface area contributed by atoms with Gasteiger partial charge in [-0.1, -0.05) is 26.8 Å². The Labute approximate surface area is 143 Å². The van der Waals surface area contributed by atoms with E-state index in [1.807, 2.05) is 24.4 Å². The van der Waals surface area contributed by atoms with Crippen LogP contribution >= 0.6 is 0 Å². The van der Waals surface area contributed by atoms with Crippen LogP contribution in [0.5, 0.6) is 0 Å². The van der Waals surface area contributed by atoms with Gasteiger partial charge in [-0.15, -0.1) is 0 Å². The number of fused-ring (bicyclic) bond motifs is 1. The molecule has 1 fully saturated rings. The molecular formula is C20H26N2O2. The van der Waals surface area contributed by atoms with Crippen molar-refractivity contribution in [2.45, 2.75) is 46.1 Å². The number of hydrogen-bond donors (Lipinski definition) is 0. The van der Waals surface area contributed by atoms with E-state index in [1.165, 1.54) is 5.56 Å². The van der Waals surface area contributed by atoms with Gasteiger partial charge in [0.2, 0.25) is 0 Å². The summed E-state index contributed by atoms with van der Waals surface area (Å²) in [5.74, 6) is 0.380. The molecule has 0 bridgehead atoms. The Balaban J connectivity index is 1.87. The second-order valence-electron chi connectivity index (χ2n) is 7.96. The number of carbonyl (C=O) groups is 1. The van der Waals surface area contributed by atoms with Crippen molar-refractivity contribution in [2.75, 3.05) is 13.1 Å². The molecule has 1 aliphatic heterocycles. The summed E-state index contributed by atoms with van der Waals surface area (Å²) in [6.07, 6.45) is 2.78. The van der Waals surface area contributed by atoms with Crippen molar-refractivity contribution in [3.63, 3.8) is 0 Å². The van der Waals surface area contributed by atoms with E-state index in [4.69, 9.17) is 0 Å². The molecular weight excluding hydrogens is 300 g/mol. The van der Waals surface area contributed by atoms with Crippen molar-refractivity contribution >= 4 is 11.3 Å². The Kier molecular flexibility index (Phi) is 4.35. The molecule has 0 unspecified atom stereocenters. The van der Waals surface area contributed by atoms with Gasteiger partial charge >= 0.3 is 0 Å². The largest absolute Gasteiger partial charge is 0.300 e. The molecule has 0 radical (unpaired) electrons. The summed E-state index contributed by atoms with van der Waals surface area (Å²) in [6.45, 7) is 10.4. The molecule has 0 aromatic carbocycles. The monoisotopic (exact) mass is 326 g/mol. The predicted molar refractivity (Wildman–Crippen MR) is 96.4 cm³/mol. The van der Waals surface area contributed by atoms with Crippen LogP contribution in [0.3, 0.4) is 0 Å². The lowest BCUT2D eigenvalue weighted by atomic mass is 9.87. The van der Waals surface area contributed by atoms with Gasteiger partial charge in [0.05, 0.1) is 0 Å². The smallest absolute Gasteiger partial charge is 0.259 e. The minimum atomic E-state index is 0.0410. The van der Waals surface area contributed by atoms with E-state index >= 15 is 0 Å². The Morgan fingerprint density at radius 1 is 1.25 bits per heavy atom. The zero-order chi connectivity index (χ0) is 17.5. The van der Waals surface area contributed by atoms with Gasteiger partial charge in [-0.2, -0.15) is 0 Å². The number of nitrogens with zero attached hydrogens (tertiary/aromatic N) is 2. The Morgan fingerprint density at radius 3 is 2.62 bits per heavy atom. The standard InChI is InChI=1S/C20H26N2O2/c1-14(23)15-7-9-21(12-15)13-16-5-6-18-11-17(20(2,3)4)8-10-22(18)19(16)24/h5-6,8,10-11,15H,7,9,12-13H2,1-4H3/t15-/m0/s1. The van der Waals surface area contributed by atoms with Gasteiger partial charge in [0, 0.05) is 36.3 Å². The second kappa shape index (κ2) is 6.17. The van der Waals surface area contributed by atoms with Gasteiger partial charge in [-0.3, -0.25) is 18.9 Å². The molecule has 2 aromatic heterocycles. The van der Waals surface area contributed by atoms with Crippen LogP contribution < -0.4 is 5.56 Å². The number of likely N-dealkylation sites (tertiary alicyclic amines) is 1. The molecule has 4 heteroatoms. The van der Waals surface area contributed by atoms with Crippen LogP contribution in [0.2, 0.25) is 0 Å². The Morgan fingerprint density at radius 2 is 2.00 bits per heavy atom. The average molecular weight is 326 g/mol.